The van der Waals surface area contributed by atoms with Gasteiger partial charge in [-0.25, -0.2) is 0 Å². The number of aromatic nitrogens is 3. The molecule has 156 valence electrons. The maximum Gasteiger partial charge on any atom is 0.253 e. The topological polar surface area (TPSA) is 88.9 Å². The van der Waals surface area contributed by atoms with Crippen LogP contribution < -0.4 is 10.6 Å². The number of para-hydroxylation sites is 1. The fraction of sp³-hybridized carbons (Fsp3) is 0.238. The Morgan fingerprint density at radius 3 is 2.57 bits per heavy atom. The predicted octanol–water partition coefficient (Wildman–Crippen LogP) is 3.92. The number of anilines is 1. The van der Waals surface area contributed by atoms with Crippen molar-refractivity contribution in [1.29, 1.82) is 0 Å². The Labute approximate surface area is 184 Å². The van der Waals surface area contributed by atoms with Crippen molar-refractivity contribution in [3.63, 3.8) is 0 Å². The molecule has 7 nitrogen and oxygen atoms in total. The Morgan fingerprint density at radius 2 is 1.83 bits per heavy atom. The van der Waals surface area contributed by atoms with Crippen molar-refractivity contribution in [2.24, 2.45) is 0 Å². The van der Waals surface area contributed by atoms with Crippen molar-refractivity contribution in [2.45, 2.75) is 32.1 Å². The molecule has 0 aliphatic heterocycles. The molecule has 0 unspecified atom stereocenters. The van der Waals surface area contributed by atoms with Gasteiger partial charge < -0.3 is 15.2 Å². The van der Waals surface area contributed by atoms with Gasteiger partial charge in [0.25, 0.3) is 5.91 Å². The van der Waals surface area contributed by atoms with E-state index in [1.54, 1.807) is 24.3 Å². The summed E-state index contributed by atoms with van der Waals surface area (Å²) in [5.41, 5.74) is 2.20. The number of benzene rings is 2. The van der Waals surface area contributed by atoms with Crippen LogP contribution in [0.15, 0.2) is 53.7 Å². The Balaban J connectivity index is 1.58. The highest BCUT2D eigenvalue weighted by Gasteiger charge is 2.15. The van der Waals surface area contributed by atoms with Gasteiger partial charge in [0.05, 0.1) is 22.9 Å². The molecular formula is C21H22ClN5O2S. The highest BCUT2D eigenvalue weighted by Crippen LogP contribution is 2.19. The summed E-state index contributed by atoms with van der Waals surface area (Å²) in [7, 11) is 0. The minimum absolute atomic E-state index is 0.117. The van der Waals surface area contributed by atoms with E-state index in [1.807, 2.05) is 42.7 Å². The lowest BCUT2D eigenvalue weighted by atomic mass is 10.2. The normalized spacial score (nSPS) is 10.6. The summed E-state index contributed by atoms with van der Waals surface area (Å²) in [4.78, 5) is 24.6. The molecule has 0 atom stereocenters. The quantitative estimate of drug-likeness (QED) is 0.515. The summed E-state index contributed by atoms with van der Waals surface area (Å²) in [5, 5.41) is 15.1. The highest BCUT2D eigenvalue weighted by molar-refractivity contribution is 7.99. The molecule has 0 saturated carbocycles. The fourth-order valence-electron chi connectivity index (χ4n) is 2.80. The van der Waals surface area contributed by atoms with Crippen LogP contribution in [-0.2, 0) is 17.9 Å². The van der Waals surface area contributed by atoms with Crippen LogP contribution in [0.5, 0.6) is 0 Å². The Hall–Kier alpha value is -2.84. The predicted molar refractivity (Wildman–Crippen MR) is 119 cm³/mol. The molecule has 0 fully saturated rings. The third-order valence-corrected chi connectivity index (χ3v) is 5.68. The maximum atomic E-state index is 12.4. The maximum absolute atomic E-state index is 12.4. The number of hydrogen-bond donors (Lipinski definition) is 2. The number of aryl methyl sites for hydroxylation is 1. The van der Waals surface area contributed by atoms with Gasteiger partial charge in [0, 0.05) is 12.2 Å². The number of carbonyl (C=O) groups excluding carboxylic acids is 2. The lowest BCUT2D eigenvalue weighted by Crippen LogP contribution is -2.25. The van der Waals surface area contributed by atoms with Gasteiger partial charge in [0.15, 0.2) is 11.0 Å². The lowest BCUT2D eigenvalue weighted by molar-refractivity contribution is -0.113. The zero-order valence-corrected chi connectivity index (χ0v) is 18.3. The lowest BCUT2D eigenvalue weighted by Gasteiger charge is -2.10. The molecule has 2 aromatic carbocycles. The van der Waals surface area contributed by atoms with Gasteiger partial charge in [-0.3, -0.25) is 9.59 Å². The molecule has 0 aliphatic carbocycles. The molecule has 1 aromatic heterocycles. The molecule has 1 heterocycles. The number of halogens is 1. The molecule has 0 bridgehead atoms. The van der Waals surface area contributed by atoms with E-state index in [4.69, 9.17) is 11.6 Å². The molecular weight excluding hydrogens is 422 g/mol. The molecule has 0 saturated heterocycles. The first kappa shape index (κ1) is 21.9. The third kappa shape index (κ3) is 5.40. The largest absolute Gasteiger partial charge is 0.345 e. The van der Waals surface area contributed by atoms with E-state index in [9.17, 15) is 9.59 Å². The number of nitrogens with zero attached hydrogens (tertiary/aromatic N) is 3. The van der Waals surface area contributed by atoms with Crippen LogP contribution in [0.1, 0.15) is 28.7 Å². The van der Waals surface area contributed by atoms with E-state index in [0.717, 1.165) is 11.3 Å². The van der Waals surface area contributed by atoms with Crippen molar-refractivity contribution in [2.75, 3.05) is 11.1 Å². The monoisotopic (exact) mass is 443 g/mol. The first-order valence-corrected chi connectivity index (χ1v) is 10.8. The standard InChI is InChI=1S/C21H22ClN5O2S/c1-3-27-18(12-23-20(29)15-9-5-6-10-16(15)22)25-26-21(27)30-13-19(28)24-17-11-7-4-8-14(17)2/h4-11H,3,12-13H2,1-2H3,(H,23,29)(H,24,28). The molecule has 0 aliphatic rings. The van der Waals surface area contributed by atoms with E-state index in [1.165, 1.54) is 11.8 Å². The van der Waals surface area contributed by atoms with Gasteiger partial charge in [-0.2, -0.15) is 0 Å². The Morgan fingerprint density at radius 1 is 1.10 bits per heavy atom. The van der Waals surface area contributed by atoms with E-state index < -0.39 is 0 Å². The number of hydrogen-bond acceptors (Lipinski definition) is 5. The number of nitrogens with one attached hydrogen (secondary N) is 2. The SMILES string of the molecule is CCn1c(CNC(=O)c2ccccc2Cl)nnc1SCC(=O)Nc1ccccc1C. The zero-order valence-electron chi connectivity index (χ0n) is 16.7. The number of carbonyl (C=O) groups is 2. The summed E-state index contributed by atoms with van der Waals surface area (Å²) in [6.07, 6.45) is 0. The van der Waals surface area contributed by atoms with Crippen molar-refractivity contribution < 1.29 is 9.59 Å². The summed E-state index contributed by atoms with van der Waals surface area (Å²) in [6.45, 7) is 4.73. The average Bonchev–Trinajstić information content (AvgIpc) is 3.14. The number of thioether (sulfide) groups is 1. The van der Waals surface area contributed by atoms with Crippen LogP contribution in [0.25, 0.3) is 0 Å². The van der Waals surface area contributed by atoms with Crippen LogP contribution in [0.4, 0.5) is 5.69 Å². The van der Waals surface area contributed by atoms with Crippen LogP contribution >= 0.6 is 23.4 Å². The van der Waals surface area contributed by atoms with E-state index in [2.05, 4.69) is 20.8 Å². The number of amides is 2. The first-order valence-electron chi connectivity index (χ1n) is 9.42. The molecule has 0 spiro atoms. The first-order chi connectivity index (χ1) is 14.5. The second kappa shape index (κ2) is 10.3. The molecule has 3 rings (SSSR count). The molecule has 30 heavy (non-hydrogen) atoms. The molecule has 0 radical (unpaired) electrons. The minimum Gasteiger partial charge on any atom is -0.345 e. The van der Waals surface area contributed by atoms with Gasteiger partial charge in [-0.05, 0) is 37.6 Å². The average molecular weight is 444 g/mol. The minimum atomic E-state index is -0.280. The summed E-state index contributed by atoms with van der Waals surface area (Å²) in [6, 6.07) is 14.5. The highest BCUT2D eigenvalue weighted by atomic mass is 35.5. The van der Waals surface area contributed by atoms with Crippen molar-refractivity contribution in [3.8, 4) is 0 Å². The van der Waals surface area contributed by atoms with Crippen molar-refractivity contribution in [3.05, 3.63) is 70.5 Å². The molecule has 2 amide bonds. The van der Waals surface area contributed by atoms with Crippen molar-refractivity contribution >= 4 is 40.9 Å². The molecule has 3 aromatic rings. The van der Waals surface area contributed by atoms with Crippen LogP contribution in [-0.4, -0.2) is 32.3 Å². The Bertz CT molecular complexity index is 1050. The summed E-state index contributed by atoms with van der Waals surface area (Å²) < 4.78 is 1.87. The van der Waals surface area contributed by atoms with E-state index >= 15 is 0 Å². The summed E-state index contributed by atoms with van der Waals surface area (Å²) >= 11 is 7.37. The zero-order chi connectivity index (χ0) is 21.5. The summed E-state index contributed by atoms with van der Waals surface area (Å²) in [5.74, 6) is 0.421. The van der Waals surface area contributed by atoms with Crippen LogP contribution in [0.2, 0.25) is 5.02 Å². The second-order valence-electron chi connectivity index (χ2n) is 6.46. The van der Waals surface area contributed by atoms with E-state index in [0.29, 0.717) is 28.1 Å². The van der Waals surface area contributed by atoms with Gasteiger partial charge in [-0.15, -0.1) is 10.2 Å². The van der Waals surface area contributed by atoms with Crippen LogP contribution in [0.3, 0.4) is 0 Å². The van der Waals surface area contributed by atoms with Crippen LogP contribution in [0, 0.1) is 6.92 Å². The number of rotatable bonds is 8. The second-order valence-corrected chi connectivity index (χ2v) is 7.81. The van der Waals surface area contributed by atoms with E-state index in [-0.39, 0.29) is 24.1 Å². The van der Waals surface area contributed by atoms with Gasteiger partial charge in [-0.1, -0.05) is 53.7 Å². The smallest absolute Gasteiger partial charge is 0.253 e. The molecule has 2 N–H and O–H groups in total. The van der Waals surface area contributed by atoms with Gasteiger partial charge in [0.1, 0.15) is 0 Å². The van der Waals surface area contributed by atoms with Crippen molar-refractivity contribution in [1.82, 2.24) is 20.1 Å². The van der Waals surface area contributed by atoms with Gasteiger partial charge >= 0.3 is 0 Å². The Kier molecular flexibility index (Phi) is 7.48. The fourth-order valence-corrected chi connectivity index (χ4v) is 3.85. The van der Waals surface area contributed by atoms with Gasteiger partial charge in [0.2, 0.25) is 5.91 Å². The third-order valence-electron chi connectivity index (χ3n) is 4.39. The molecule has 9 heteroatoms.